The van der Waals surface area contributed by atoms with Crippen LogP contribution >= 0.6 is 0 Å². The number of para-hydroxylation sites is 1. The Hall–Kier alpha value is -8.70. The molecule has 3 heterocycles. The zero-order valence-electron chi connectivity index (χ0n) is 37.1. The zero-order chi connectivity index (χ0) is 45.0. The first-order chi connectivity index (χ1) is 33.7. The molecule has 12 aromatic rings. The van der Waals surface area contributed by atoms with Gasteiger partial charge in [0.2, 0.25) is 0 Å². The summed E-state index contributed by atoms with van der Waals surface area (Å²) in [5.41, 5.74) is 15.9. The van der Waals surface area contributed by atoms with Crippen LogP contribution in [0.15, 0.2) is 259 Å². The minimum atomic E-state index is -2.66. The quantitative estimate of drug-likeness (QED) is 0.143. The average molecular weight is 883 g/mol. The monoisotopic (exact) mass is 882 g/mol. The van der Waals surface area contributed by atoms with E-state index in [4.69, 9.17) is 14.4 Å². The van der Waals surface area contributed by atoms with Crippen molar-refractivity contribution in [3.05, 3.63) is 255 Å². The molecule has 318 valence electrons. The predicted molar refractivity (Wildman–Crippen MR) is 285 cm³/mol. The number of aromatic nitrogens is 2. The van der Waals surface area contributed by atoms with Crippen molar-refractivity contribution in [3.8, 4) is 78.4 Å². The molecule has 10 aromatic carbocycles. The minimum absolute atomic E-state index is 0.679. The maximum atomic E-state index is 6.24. The summed E-state index contributed by atoms with van der Waals surface area (Å²) < 4.78 is 6.24. The zero-order valence-corrected chi connectivity index (χ0v) is 38.1. The standard InChI is InChI=1S/C64H42N2OSi/c1-5-18-43(19-6-1)49-37-50(46-33-35-61-57(40-46)54-28-13-15-30-60(54)67-61)39-51(38-49)59-42-58(65-64(66-59)44-20-7-2-8-21-44)48-23-17-22-45(36-48)47-32-34-56-55-29-14-16-31-62(55)68(63(56)41-47,52-24-9-3-10-25-52)53-26-11-4-12-27-53/h1-42H. The van der Waals surface area contributed by atoms with Gasteiger partial charge in [-0.3, -0.25) is 0 Å². The van der Waals surface area contributed by atoms with Crippen molar-refractivity contribution in [2.24, 2.45) is 0 Å². The predicted octanol–water partition coefficient (Wildman–Crippen LogP) is 13.7. The molecule has 1 aliphatic heterocycles. The van der Waals surface area contributed by atoms with E-state index in [1.807, 2.05) is 18.2 Å². The van der Waals surface area contributed by atoms with Crippen LogP contribution in [0.5, 0.6) is 0 Å². The van der Waals surface area contributed by atoms with Gasteiger partial charge in [-0.1, -0.05) is 206 Å². The summed E-state index contributed by atoms with van der Waals surface area (Å²) in [6, 6.07) is 92.2. The molecular weight excluding hydrogens is 841 g/mol. The highest BCUT2D eigenvalue weighted by Gasteiger charge is 2.48. The van der Waals surface area contributed by atoms with Crippen LogP contribution in [0.25, 0.3) is 100 Å². The molecule has 0 saturated heterocycles. The first-order valence-electron chi connectivity index (χ1n) is 23.2. The summed E-state index contributed by atoms with van der Waals surface area (Å²) >= 11 is 0. The van der Waals surface area contributed by atoms with Gasteiger partial charge in [-0.2, -0.15) is 0 Å². The lowest BCUT2D eigenvalue weighted by molar-refractivity contribution is 0.669. The normalized spacial score (nSPS) is 12.5. The molecule has 13 rings (SSSR count). The van der Waals surface area contributed by atoms with Gasteiger partial charge in [-0.15, -0.1) is 0 Å². The Morgan fingerprint density at radius 1 is 0.279 bits per heavy atom. The summed E-state index contributed by atoms with van der Waals surface area (Å²) in [5, 5.41) is 7.85. The van der Waals surface area contributed by atoms with Gasteiger partial charge in [0.25, 0.3) is 0 Å². The third-order valence-corrected chi connectivity index (χ3v) is 18.6. The average Bonchev–Trinajstić information content (AvgIpc) is 3.95. The fourth-order valence-corrected chi connectivity index (χ4v) is 15.8. The van der Waals surface area contributed by atoms with Crippen molar-refractivity contribution in [2.75, 3.05) is 0 Å². The fourth-order valence-electron chi connectivity index (χ4n) is 10.6. The lowest BCUT2D eigenvalue weighted by Crippen LogP contribution is -2.72. The second-order valence-electron chi connectivity index (χ2n) is 17.7. The Morgan fingerprint density at radius 2 is 0.779 bits per heavy atom. The first kappa shape index (κ1) is 39.6. The summed E-state index contributed by atoms with van der Waals surface area (Å²) in [5.74, 6) is 0.679. The van der Waals surface area contributed by atoms with Crippen LogP contribution in [0.4, 0.5) is 0 Å². The van der Waals surface area contributed by atoms with Gasteiger partial charge in [-0.25, -0.2) is 9.97 Å². The number of fused-ring (bicyclic) bond motifs is 6. The highest BCUT2D eigenvalue weighted by molar-refractivity contribution is 7.22. The number of hydrogen-bond acceptors (Lipinski definition) is 3. The topological polar surface area (TPSA) is 38.9 Å². The molecule has 0 bridgehead atoms. The number of nitrogens with zero attached hydrogens (tertiary/aromatic N) is 2. The van der Waals surface area contributed by atoms with Crippen LogP contribution in [-0.4, -0.2) is 18.0 Å². The molecule has 0 N–H and O–H groups in total. The largest absolute Gasteiger partial charge is 0.456 e. The highest BCUT2D eigenvalue weighted by Crippen LogP contribution is 2.39. The van der Waals surface area contributed by atoms with Gasteiger partial charge in [0.15, 0.2) is 13.9 Å². The van der Waals surface area contributed by atoms with Gasteiger partial charge >= 0.3 is 0 Å². The molecule has 0 fully saturated rings. The second-order valence-corrected chi connectivity index (χ2v) is 21.4. The SMILES string of the molecule is c1ccc(-c2cc(-c3ccc4oc5ccccc5c4c3)cc(-c3cc(-c4cccc(-c5ccc6c(c5)[Si](c5ccccc5)(c5ccccc5)c5ccccc5-6)c4)nc(-c4ccccc4)n3)c2)cc1. The van der Waals surface area contributed by atoms with Crippen LogP contribution < -0.4 is 20.7 Å². The van der Waals surface area contributed by atoms with E-state index in [-0.39, 0.29) is 0 Å². The molecular formula is C64H42N2OSi. The van der Waals surface area contributed by atoms with Crippen LogP contribution in [0.3, 0.4) is 0 Å². The Kier molecular flexibility index (Phi) is 9.51. The van der Waals surface area contributed by atoms with E-state index in [0.29, 0.717) is 5.82 Å². The Balaban J connectivity index is 0.971. The third kappa shape index (κ3) is 6.65. The molecule has 4 heteroatoms. The fraction of sp³-hybridized carbons (Fsp3) is 0. The molecule has 0 unspecified atom stereocenters. The van der Waals surface area contributed by atoms with Crippen molar-refractivity contribution in [2.45, 2.75) is 0 Å². The van der Waals surface area contributed by atoms with E-state index in [2.05, 4.69) is 237 Å². The van der Waals surface area contributed by atoms with Crippen molar-refractivity contribution in [1.82, 2.24) is 9.97 Å². The number of furan rings is 1. The van der Waals surface area contributed by atoms with Crippen molar-refractivity contribution in [3.63, 3.8) is 0 Å². The number of benzene rings is 10. The molecule has 3 nitrogen and oxygen atoms in total. The summed E-state index contributed by atoms with van der Waals surface area (Å²) in [4.78, 5) is 10.7. The van der Waals surface area contributed by atoms with E-state index in [9.17, 15) is 0 Å². The van der Waals surface area contributed by atoms with Crippen molar-refractivity contribution >= 4 is 50.8 Å². The lowest BCUT2D eigenvalue weighted by Gasteiger charge is -2.31. The number of rotatable bonds is 8. The van der Waals surface area contributed by atoms with Gasteiger partial charge in [0.05, 0.1) is 11.4 Å². The van der Waals surface area contributed by atoms with E-state index in [1.54, 1.807) is 0 Å². The highest BCUT2D eigenvalue weighted by atomic mass is 28.3. The second kappa shape index (κ2) is 16.3. The maximum Gasteiger partial charge on any atom is 0.180 e. The van der Waals surface area contributed by atoms with E-state index < -0.39 is 8.07 Å². The van der Waals surface area contributed by atoms with Gasteiger partial charge in [-0.05, 0) is 114 Å². The molecule has 0 radical (unpaired) electrons. The molecule has 0 aliphatic carbocycles. The molecule has 68 heavy (non-hydrogen) atoms. The van der Waals surface area contributed by atoms with E-state index in [1.165, 1.54) is 37.4 Å². The molecule has 0 amide bonds. The van der Waals surface area contributed by atoms with E-state index >= 15 is 0 Å². The Morgan fingerprint density at radius 3 is 1.53 bits per heavy atom. The van der Waals surface area contributed by atoms with Gasteiger partial charge < -0.3 is 4.42 Å². The Bertz CT molecular complexity index is 3810. The molecule has 1 aliphatic rings. The number of hydrogen-bond donors (Lipinski definition) is 0. The summed E-state index contributed by atoms with van der Waals surface area (Å²) in [6.45, 7) is 0. The third-order valence-electron chi connectivity index (χ3n) is 13.8. The van der Waals surface area contributed by atoms with Crippen LogP contribution in [-0.2, 0) is 0 Å². The smallest absolute Gasteiger partial charge is 0.180 e. The van der Waals surface area contributed by atoms with Crippen molar-refractivity contribution in [1.29, 1.82) is 0 Å². The van der Waals surface area contributed by atoms with Crippen LogP contribution in [0.2, 0.25) is 0 Å². The maximum absolute atomic E-state index is 6.24. The Labute approximate surface area is 396 Å². The molecule has 2 aromatic heterocycles. The lowest BCUT2D eigenvalue weighted by atomic mass is 9.93. The molecule has 0 saturated carbocycles. The molecule has 0 atom stereocenters. The summed E-state index contributed by atoms with van der Waals surface area (Å²) in [6.07, 6.45) is 0. The first-order valence-corrected chi connectivity index (χ1v) is 25.2. The van der Waals surface area contributed by atoms with Crippen LogP contribution in [0.1, 0.15) is 0 Å². The van der Waals surface area contributed by atoms with Gasteiger partial charge in [0, 0.05) is 27.5 Å². The minimum Gasteiger partial charge on any atom is -0.456 e. The van der Waals surface area contributed by atoms with E-state index in [0.717, 1.165) is 77.8 Å². The molecule has 0 spiro atoms. The summed E-state index contributed by atoms with van der Waals surface area (Å²) in [7, 11) is -2.66. The van der Waals surface area contributed by atoms with Crippen LogP contribution in [0, 0.1) is 0 Å². The van der Waals surface area contributed by atoms with Crippen molar-refractivity contribution < 1.29 is 4.42 Å². The van der Waals surface area contributed by atoms with Gasteiger partial charge in [0.1, 0.15) is 11.2 Å².